The Hall–Kier alpha value is -3.44. The number of carbonyl (C=O) groups excluding carboxylic acids is 2. The average Bonchev–Trinajstić information content (AvgIpc) is 3.04. The van der Waals surface area contributed by atoms with Crippen LogP contribution in [0.1, 0.15) is 22.7 Å². The maximum atomic E-state index is 13.2. The summed E-state index contributed by atoms with van der Waals surface area (Å²) in [6.07, 6.45) is 3.09. The van der Waals surface area contributed by atoms with Crippen LogP contribution in [0.5, 0.6) is 0 Å². The van der Waals surface area contributed by atoms with Crippen LogP contribution in [-0.2, 0) is 9.59 Å². The molecule has 31 heavy (non-hydrogen) atoms. The summed E-state index contributed by atoms with van der Waals surface area (Å²) in [7, 11) is 0. The SMILES string of the molecule is Cc1ccccc1N1C(=O)C(O)=C(C(=O)C=Cc2ccccc2)C1c1ccc(Br)cc1. The highest BCUT2D eigenvalue weighted by Crippen LogP contribution is 2.42. The Labute approximate surface area is 189 Å². The van der Waals surface area contributed by atoms with E-state index in [2.05, 4.69) is 15.9 Å². The van der Waals surface area contributed by atoms with Crippen LogP contribution < -0.4 is 4.90 Å². The quantitative estimate of drug-likeness (QED) is 0.466. The van der Waals surface area contributed by atoms with Crippen LogP contribution in [0.4, 0.5) is 5.69 Å². The smallest absolute Gasteiger partial charge is 0.294 e. The summed E-state index contributed by atoms with van der Waals surface area (Å²) in [6, 6.07) is 23.5. The molecule has 0 spiro atoms. The van der Waals surface area contributed by atoms with Crippen molar-refractivity contribution in [1.29, 1.82) is 0 Å². The molecule has 0 fully saturated rings. The van der Waals surface area contributed by atoms with Gasteiger partial charge in [-0.1, -0.05) is 82.7 Å². The minimum Gasteiger partial charge on any atom is -0.503 e. The van der Waals surface area contributed by atoms with Crippen molar-refractivity contribution >= 4 is 39.4 Å². The average molecular weight is 474 g/mol. The topological polar surface area (TPSA) is 57.6 Å². The molecule has 1 heterocycles. The third kappa shape index (κ3) is 4.09. The number of ketones is 1. The fourth-order valence-corrected chi connectivity index (χ4v) is 3.99. The Morgan fingerprint density at radius 3 is 2.29 bits per heavy atom. The van der Waals surface area contributed by atoms with Gasteiger partial charge in [0, 0.05) is 10.2 Å². The molecule has 1 aliphatic rings. The molecule has 4 rings (SSSR count). The van der Waals surface area contributed by atoms with E-state index in [-0.39, 0.29) is 5.57 Å². The van der Waals surface area contributed by atoms with E-state index in [4.69, 9.17) is 0 Å². The lowest BCUT2D eigenvalue weighted by Gasteiger charge is -2.28. The van der Waals surface area contributed by atoms with Gasteiger partial charge in [-0.05, 0) is 47.9 Å². The predicted octanol–water partition coefficient (Wildman–Crippen LogP) is 5.94. The molecule has 0 radical (unpaired) electrons. The molecule has 0 saturated carbocycles. The lowest BCUT2D eigenvalue weighted by Crippen LogP contribution is -2.31. The first kappa shape index (κ1) is 20.8. The second-order valence-corrected chi connectivity index (χ2v) is 8.20. The monoisotopic (exact) mass is 473 g/mol. The van der Waals surface area contributed by atoms with E-state index in [1.54, 1.807) is 6.08 Å². The van der Waals surface area contributed by atoms with Gasteiger partial charge in [0.15, 0.2) is 11.5 Å². The van der Waals surface area contributed by atoms with E-state index in [9.17, 15) is 14.7 Å². The molecule has 1 atom stereocenters. The fraction of sp³-hybridized carbons (Fsp3) is 0.0769. The first-order valence-electron chi connectivity index (χ1n) is 9.82. The van der Waals surface area contributed by atoms with E-state index >= 15 is 0 Å². The van der Waals surface area contributed by atoms with Crippen molar-refractivity contribution in [2.75, 3.05) is 4.90 Å². The number of allylic oxidation sites excluding steroid dienone is 1. The van der Waals surface area contributed by atoms with Crippen LogP contribution in [-0.4, -0.2) is 16.8 Å². The summed E-state index contributed by atoms with van der Waals surface area (Å²) >= 11 is 3.42. The molecule has 0 aromatic heterocycles. The van der Waals surface area contributed by atoms with E-state index in [0.717, 1.165) is 21.2 Å². The number of carbonyl (C=O) groups is 2. The van der Waals surface area contributed by atoms with Crippen LogP contribution in [0.2, 0.25) is 0 Å². The van der Waals surface area contributed by atoms with Gasteiger partial charge < -0.3 is 5.11 Å². The first-order valence-corrected chi connectivity index (χ1v) is 10.6. The van der Waals surface area contributed by atoms with Crippen molar-refractivity contribution in [2.45, 2.75) is 13.0 Å². The number of aliphatic hydroxyl groups excluding tert-OH is 1. The number of hydrogen-bond acceptors (Lipinski definition) is 3. The Balaban J connectivity index is 1.81. The number of halogens is 1. The van der Waals surface area contributed by atoms with Crippen molar-refractivity contribution in [1.82, 2.24) is 0 Å². The number of nitrogens with zero attached hydrogens (tertiary/aromatic N) is 1. The highest BCUT2D eigenvalue weighted by Gasteiger charge is 2.44. The van der Waals surface area contributed by atoms with Gasteiger partial charge in [0.25, 0.3) is 5.91 Å². The van der Waals surface area contributed by atoms with Crippen molar-refractivity contribution in [3.63, 3.8) is 0 Å². The van der Waals surface area contributed by atoms with Gasteiger partial charge in [-0.2, -0.15) is 0 Å². The summed E-state index contributed by atoms with van der Waals surface area (Å²) in [5.41, 5.74) is 3.19. The summed E-state index contributed by atoms with van der Waals surface area (Å²) in [6.45, 7) is 1.90. The van der Waals surface area contributed by atoms with Gasteiger partial charge in [0.05, 0.1) is 11.6 Å². The van der Waals surface area contributed by atoms with Crippen LogP contribution in [0.15, 0.2) is 101 Å². The molecule has 0 bridgehead atoms. The second-order valence-electron chi connectivity index (χ2n) is 7.29. The van der Waals surface area contributed by atoms with Gasteiger partial charge in [0.2, 0.25) is 0 Å². The first-order chi connectivity index (χ1) is 15.0. The van der Waals surface area contributed by atoms with Crippen molar-refractivity contribution in [2.24, 2.45) is 0 Å². The van der Waals surface area contributed by atoms with Gasteiger partial charge >= 0.3 is 0 Å². The zero-order valence-corrected chi connectivity index (χ0v) is 18.4. The highest BCUT2D eigenvalue weighted by molar-refractivity contribution is 9.10. The third-order valence-corrected chi connectivity index (χ3v) is 5.79. The molecular formula is C26H20BrNO3. The van der Waals surface area contributed by atoms with Gasteiger partial charge in [0.1, 0.15) is 0 Å². The van der Waals surface area contributed by atoms with Crippen LogP contribution in [0.25, 0.3) is 6.08 Å². The zero-order chi connectivity index (χ0) is 22.0. The molecule has 154 valence electrons. The van der Waals surface area contributed by atoms with E-state index in [1.165, 1.54) is 11.0 Å². The minimum atomic E-state index is -0.727. The molecule has 1 unspecified atom stereocenters. The number of anilines is 1. The Morgan fingerprint density at radius 1 is 0.968 bits per heavy atom. The number of aryl methyl sites for hydroxylation is 1. The fourth-order valence-electron chi connectivity index (χ4n) is 3.73. The second kappa shape index (κ2) is 8.74. The van der Waals surface area contributed by atoms with Crippen molar-refractivity contribution < 1.29 is 14.7 Å². The largest absolute Gasteiger partial charge is 0.503 e. The summed E-state index contributed by atoms with van der Waals surface area (Å²) < 4.78 is 0.882. The molecule has 0 saturated heterocycles. The molecule has 1 aliphatic heterocycles. The maximum absolute atomic E-state index is 13.2. The lowest BCUT2D eigenvalue weighted by atomic mass is 9.95. The molecule has 0 aliphatic carbocycles. The molecule has 4 nitrogen and oxygen atoms in total. The van der Waals surface area contributed by atoms with E-state index in [1.807, 2.05) is 85.8 Å². The number of para-hydroxylation sites is 1. The number of amides is 1. The Morgan fingerprint density at radius 2 is 1.61 bits per heavy atom. The molecule has 5 heteroatoms. The van der Waals surface area contributed by atoms with Crippen molar-refractivity contribution in [3.8, 4) is 0 Å². The number of rotatable bonds is 5. The van der Waals surface area contributed by atoms with E-state index < -0.39 is 23.5 Å². The van der Waals surface area contributed by atoms with Crippen LogP contribution in [0, 0.1) is 6.92 Å². The maximum Gasteiger partial charge on any atom is 0.294 e. The molecule has 3 aromatic carbocycles. The number of benzene rings is 3. The number of hydrogen-bond donors (Lipinski definition) is 1. The molecular weight excluding hydrogens is 454 g/mol. The molecule has 1 amide bonds. The molecule has 3 aromatic rings. The minimum absolute atomic E-state index is 0.0720. The standard InChI is InChI=1S/C26H20BrNO3/c1-17-7-5-6-10-21(17)28-24(19-12-14-20(27)15-13-19)23(25(30)26(28)31)22(29)16-11-18-8-3-2-4-9-18/h2-16,24,30H,1H3. The van der Waals surface area contributed by atoms with Gasteiger partial charge in [-0.3, -0.25) is 14.5 Å². The number of aliphatic hydroxyl groups is 1. The van der Waals surface area contributed by atoms with Crippen LogP contribution in [0.3, 0.4) is 0 Å². The van der Waals surface area contributed by atoms with Crippen LogP contribution >= 0.6 is 15.9 Å². The van der Waals surface area contributed by atoms with Crippen molar-refractivity contribution in [3.05, 3.63) is 117 Å². The Kier molecular flexibility index (Phi) is 5.87. The normalized spacial score (nSPS) is 16.4. The van der Waals surface area contributed by atoms with E-state index in [0.29, 0.717) is 5.69 Å². The Bertz CT molecular complexity index is 1200. The lowest BCUT2D eigenvalue weighted by molar-refractivity contribution is -0.117. The van der Waals surface area contributed by atoms with Gasteiger partial charge in [-0.25, -0.2) is 0 Å². The highest BCUT2D eigenvalue weighted by atomic mass is 79.9. The summed E-state index contributed by atoms with van der Waals surface area (Å²) in [5, 5.41) is 10.8. The molecule has 1 N–H and O–H groups in total. The van der Waals surface area contributed by atoms with Gasteiger partial charge in [-0.15, -0.1) is 0 Å². The summed E-state index contributed by atoms with van der Waals surface area (Å²) in [4.78, 5) is 27.8. The third-order valence-electron chi connectivity index (χ3n) is 5.26. The zero-order valence-electron chi connectivity index (χ0n) is 16.8. The summed E-state index contributed by atoms with van der Waals surface area (Å²) in [5.74, 6) is -1.50. The predicted molar refractivity (Wildman–Crippen MR) is 126 cm³/mol.